The minimum absolute atomic E-state index is 0.105. The van der Waals surface area contributed by atoms with Crippen molar-refractivity contribution in [3.8, 4) is 0 Å². The van der Waals surface area contributed by atoms with Gasteiger partial charge in [-0.3, -0.25) is 37.3 Å². The Morgan fingerprint density at radius 1 is 0.258 bits per heavy atom. The van der Waals surface area contributed by atoms with Crippen molar-refractivity contribution in [1.82, 2.24) is 0 Å². The molecule has 0 saturated heterocycles. The van der Waals surface area contributed by atoms with Crippen molar-refractivity contribution in [2.24, 2.45) is 0 Å². The molecule has 0 amide bonds. The van der Waals surface area contributed by atoms with E-state index in [4.69, 9.17) is 37.0 Å². The second-order valence-electron chi connectivity index (χ2n) is 26.7. The van der Waals surface area contributed by atoms with Crippen molar-refractivity contribution >= 4 is 39.5 Å². The van der Waals surface area contributed by atoms with Crippen LogP contribution >= 0.6 is 15.6 Å². The third-order valence-electron chi connectivity index (χ3n) is 17.4. The monoisotopic (exact) mass is 1370 g/mol. The predicted octanol–water partition coefficient (Wildman–Crippen LogP) is 21.8. The third-order valence-corrected chi connectivity index (χ3v) is 19.3. The molecule has 3 N–H and O–H groups in total. The quantitative estimate of drug-likeness (QED) is 0.0222. The van der Waals surface area contributed by atoms with Crippen molar-refractivity contribution in [2.45, 2.75) is 412 Å². The van der Waals surface area contributed by atoms with E-state index in [9.17, 15) is 43.2 Å². The lowest BCUT2D eigenvalue weighted by atomic mass is 10.0. The number of phosphoric acid groups is 2. The van der Waals surface area contributed by atoms with Gasteiger partial charge in [-0.2, -0.15) is 0 Å². The van der Waals surface area contributed by atoms with Gasteiger partial charge in [-0.25, -0.2) is 9.13 Å². The zero-order valence-corrected chi connectivity index (χ0v) is 62.0. The van der Waals surface area contributed by atoms with Crippen molar-refractivity contribution in [1.29, 1.82) is 0 Å². The molecule has 2 unspecified atom stereocenters. The molecule has 0 aromatic rings. The Kier molecular flexibility index (Phi) is 67.1. The fraction of sp³-hybridized carbons (Fsp3) is 0.946. The Hall–Kier alpha value is -1.94. The van der Waals surface area contributed by atoms with E-state index in [1.807, 2.05) is 0 Å². The van der Waals surface area contributed by atoms with E-state index in [2.05, 4.69) is 27.7 Å². The molecule has 552 valence electrons. The van der Waals surface area contributed by atoms with E-state index in [0.29, 0.717) is 25.7 Å². The largest absolute Gasteiger partial charge is 0.472 e. The van der Waals surface area contributed by atoms with E-state index < -0.39 is 97.5 Å². The lowest BCUT2D eigenvalue weighted by Gasteiger charge is -2.21. The summed E-state index contributed by atoms with van der Waals surface area (Å²) in [5, 5.41) is 10.6. The van der Waals surface area contributed by atoms with Crippen molar-refractivity contribution < 1.29 is 80.2 Å². The molecule has 93 heavy (non-hydrogen) atoms. The number of ether oxygens (including phenoxy) is 4. The standard InChI is InChI=1S/C74H144O17P2/c1-5-9-13-17-21-24-26-28-30-32-34-35-37-39-41-43-45-49-53-57-61-74(79)91-70(65-85-72(77)59-55-51-48-44-42-40-38-36-33-31-29-27-25-22-18-14-10-6-2)67-89-93(82,83)87-63-68(75)62-86-92(80,81)88-66-69(64-84-71(76)58-54-50-46-20-16-12-8-4)90-73(78)60-56-52-47-23-19-15-11-7-3/h68-70,75H,5-67H2,1-4H3,(H,80,81)(H,82,83)/t68-,69+,70+/m0/s1. The Labute approximate surface area is 568 Å². The molecule has 0 saturated carbocycles. The molecule has 0 aromatic heterocycles. The summed E-state index contributed by atoms with van der Waals surface area (Å²) in [4.78, 5) is 72.4. The van der Waals surface area contributed by atoms with Crippen LogP contribution in [-0.2, 0) is 65.4 Å². The molecule has 19 heteroatoms. The highest BCUT2D eigenvalue weighted by Gasteiger charge is 2.30. The van der Waals surface area contributed by atoms with Crippen LogP contribution in [0.4, 0.5) is 0 Å². The summed E-state index contributed by atoms with van der Waals surface area (Å²) in [6.45, 7) is 4.90. The fourth-order valence-corrected chi connectivity index (χ4v) is 13.0. The molecular formula is C74H144O17P2. The highest BCUT2D eigenvalue weighted by atomic mass is 31.2. The Bertz CT molecular complexity index is 1770. The average Bonchev–Trinajstić information content (AvgIpc) is 1.89. The number of rotatable bonds is 75. The summed E-state index contributed by atoms with van der Waals surface area (Å²) in [5.41, 5.74) is 0. The minimum atomic E-state index is -4.95. The SMILES string of the molecule is CCCCCCCCCCCCCCCCCCCCCCC(=O)O[C@H](COC(=O)CCCCCCCCCCCCCCCCCCCC)COP(=O)(O)OC[C@@H](O)COP(=O)(O)OC[C@@H](COC(=O)CCCCCCCCC)OC(=O)CCCCCCCCCC. The van der Waals surface area contributed by atoms with Crippen LogP contribution in [0.2, 0.25) is 0 Å². The first-order valence-corrected chi connectivity index (χ1v) is 41.8. The smallest absolute Gasteiger partial charge is 0.462 e. The molecule has 0 heterocycles. The molecular weight excluding hydrogens is 1220 g/mol. The molecule has 0 aliphatic heterocycles. The van der Waals surface area contributed by atoms with Crippen molar-refractivity contribution in [3.05, 3.63) is 0 Å². The first-order valence-electron chi connectivity index (χ1n) is 38.8. The van der Waals surface area contributed by atoms with E-state index in [1.54, 1.807) is 0 Å². The normalized spacial score (nSPS) is 13.9. The van der Waals surface area contributed by atoms with Gasteiger partial charge < -0.3 is 33.8 Å². The topological polar surface area (TPSA) is 237 Å². The maximum atomic E-state index is 13.1. The van der Waals surface area contributed by atoms with E-state index >= 15 is 0 Å². The summed E-state index contributed by atoms with van der Waals surface area (Å²) in [7, 11) is -9.89. The van der Waals surface area contributed by atoms with Crippen molar-refractivity contribution in [3.63, 3.8) is 0 Å². The molecule has 0 aliphatic rings. The maximum Gasteiger partial charge on any atom is 0.472 e. The molecule has 5 atom stereocenters. The van der Waals surface area contributed by atoms with E-state index in [1.165, 1.54) is 205 Å². The van der Waals surface area contributed by atoms with E-state index in [0.717, 1.165) is 109 Å². The summed E-state index contributed by atoms with van der Waals surface area (Å²) in [6.07, 6.45) is 58.7. The third kappa shape index (κ3) is 68.4. The van der Waals surface area contributed by atoms with Gasteiger partial charge in [0.25, 0.3) is 0 Å². The van der Waals surface area contributed by atoms with Crippen LogP contribution in [-0.4, -0.2) is 96.7 Å². The van der Waals surface area contributed by atoms with Crippen LogP contribution in [0, 0.1) is 0 Å². The van der Waals surface area contributed by atoms with Gasteiger partial charge in [0.1, 0.15) is 19.3 Å². The lowest BCUT2D eigenvalue weighted by molar-refractivity contribution is -0.161. The second-order valence-corrected chi connectivity index (χ2v) is 29.6. The van der Waals surface area contributed by atoms with Crippen LogP contribution in [0.15, 0.2) is 0 Å². The van der Waals surface area contributed by atoms with Gasteiger partial charge in [0.2, 0.25) is 0 Å². The zero-order valence-electron chi connectivity index (χ0n) is 60.2. The second kappa shape index (κ2) is 68.6. The number of esters is 4. The highest BCUT2D eigenvalue weighted by molar-refractivity contribution is 7.47. The summed E-state index contributed by atoms with van der Waals surface area (Å²) < 4.78 is 68.2. The number of carbonyl (C=O) groups excluding carboxylic acids is 4. The van der Waals surface area contributed by atoms with Gasteiger partial charge in [0, 0.05) is 25.7 Å². The number of unbranched alkanes of at least 4 members (excludes halogenated alkanes) is 49. The van der Waals surface area contributed by atoms with Gasteiger partial charge in [-0.15, -0.1) is 0 Å². The van der Waals surface area contributed by atoms with Gasteiger partial charge in [0.15, 0.2) is 12.2 Å². The number of hydrogen-bond donors (Lipinski definition) is 3. The Morgan fingerprint density at radius 3 is 0.634 bits per heavy atom. The predicted molar refractivity (Wildman–Crippen MR) is 377 cm³/mol. The summed E-state index contributed by atoms with van der Waals surface area (Å²) in [6, 6.07) is 0. The lowest BCUT2D eigenvalue weighted by Crippen LogP contribution is -2.30. The first-order chi connectivity index (χ1) is 45.2. The summed E-state index contributed by atoms with van der Waals surface area (Å²) >= 11 is 0. The molecule has 0 spiro atoms. The van der Waals surface area contributed by atoms with Crippen LogP contribution in [0.5, 0.6) is 0 Å². The van der Waals surface area contributed by atoms with Gasteiger partial charge in [0.05, 0.1) is 26.4 Å². The minimum Gasteiger partial charge on any atom is -0.462 e. The van der Waals surface area contributed by atoms with Crippen LogP contribution in [0.1, 0.15) is 394 Å². The van der Waals surface area contributed by atoms with E-state index in [-0.39, 0.29) is 25.7 Å². The number of aliphatic hydroxyl groups excluding tert-OH is 1. The molecule has 0 aliphatic carbocycles. The van der Waals surface area contributed by atoms with Crippen LogP contribution in [0.3, 0.4) is 0 Å². The number of phosphoric ester groups is 2. The maximum absolute atomic E-state index is 13.1. The average molecular weight is 1370 g/mol. The molecule has 0 bridgehead atoms. The molecule has 17 nitrogen and oxygen atoms in total. The highest BCUT2D eigenvalue weighted by Crippen LogP contribution is 2.45. The molecule has 0 rings (SSSR count). The summed E-state index contributed by atoms with van der Waals surface area (Å²) in [5.74, 6) is -2.12. The molecule has 0 fully saturated rings. The van der Waals surface area contributed by atoms with Gasteiger partial charge in [-0.1, -0.05) is 342 Å². The fourth-order valence-electron chi connectivity index (χ4n) is 11.4. The Balaban J connectivity index is 5.13. The van der Waals surface area contributed by atoms with Crippen LogP contribution in [0.25, 0.3) is 0 Å². The van der Waals surface area contributed by atoms with Crippen molar-refractivity contribution in [2.75, 3.05) is 39.6 Å². The van der Waals surface area contributed by atoms with Crippen LogP contribution < -0.4 is 0 Å². The molecule has 0 aromatic carbocycles. The number of aliphatic hydroxyl groups is 1. The zero-order chi connectivity index (χ0) is 68.2. The molecule has 0 radical (unpaired) electrons. The number of hydrogen-bond acceptors (Lipinski definition) is 15. The number of carbonyl (C=O) groups is 4. The first kappa shape index (κ1) is 91.1. The Morgan fingerprint density at radius 2 is 0.430 bits per heavy atom. The van der Waals surface area contributed by atoms with Gasteiger partial charge in [-0.05, 0) is 25.7 Å². The van der Waals surface area contributed by atoms with Gasteiger partial charge >= 0.3 is 39.5 Å².